The molecule has 2 rings (SSSR count). The number of rotatable bonds is 5. The first kappa shape index (κ1) is 18.0. The van der Waals surface area contributed by atoms with E-state index in [0.29, 0.717) is 12.3 Å². The summed E-state index contributed by atoms with van der Waals surface area (Å²) in [4.78, 5) is 12.7. The monoisotopic (exact) mass is 318 g/mol. The van der Waals surface area contributed by atoms with Crippen molar-refractivity contribution in [2.75, 3.05) is 5.32 Å². The van der Waals surface area contributed by atoms with Crippen LogP contribution in [0.25, 0.3) is 0 Å². The molecule has 4 N–H and O–H groups in total. The third-order valence-electron chi connectivity index (χ3n) is 5.28. The van der Waals surface area contributed by atoms with Gasteiger partial charge in [0.1, 0.15) is 6.23 Å². The quantitative estimate of drug-likeness (QED) is 0.729. The molecule has 0 radical (unpaired) electrons. The van der Waals surface area contributed by atoms with E-state index in [1.165, 1.54) is 0 Å². The molecule has 23 heavy (non-hydrogen) atoms. The summed E-state index contributed by atoms with van der Waals surface area (Å²) in [5, 5.41) is 12.2. The lowest BCUT2D eigenvalue weighted by molar-refractivity contribution is -0.127. The van der Waals surface area contributed by atoms with Crippen LogP contribution in [0.4, 0.5) is 5.69 Å². The van der Waals surface area contributed by atoms with Gasteiger partial charge in [-0.15, -0.1) is 0 Å². The van der Waals surface area contributed by atoms with E-state index in [0.717, 1.165) is 42.9 Å². The summed E-state index contributed by atoms with van der Waals surface area (Å²) in [6.45, 7) is 6.62. The molecule has 1 aromatic carbocycles. The Morgan fingerprint density at radius 1 is 1.30 bits per heavy atom. The maximum absolute atomic E-state index is 12.7. The minimum atomic E-state index is -0.842. The standard InChI is InChI=1S/C19H30N2O2/c1-13(2)15-8-10-19(3,11-9-15)18(23)21-16-6-4-14(5-7-16)12-17(20)22/h4-7,13,15,17,22H,8-12,20H2,1-3H3,(H,21,23). The topological polar surface area (TPSA) is 75.4 Å². The van der Waals surface area contributed by atoms with Crippen molar-refractivity contribution in [1.82, 2.24) is 0 Å². The molecule has 0 heterocycles. The van der Waals surface area contributed by atoms with Crippen LogP contribution in [0.5, 0.6) is 0 Å². The molecule has 1 aromatic rings. The molecular weight excluding hydrogens is 288 g/mol. The summed E-state index contributed by atoms with van der Waals surface area (Å²) in [5.74, 6) is 1.57. The van der Waals surface area contributed by atoms with Gasteiger partial charge in [-0.2, -0.15) is 0 Å². The van der Waals surface area contributed by atoms with E-state index in [1.807, 2.05) is 24.3 Å². The fraction of sp³-hybridized carbons (Fsp3) is 0.632. The van der Waals surface area contributed by atoms with Crippen molar-refractivity contribution in [3.05, 3.63) is 29.8 Å². The SMILES string of the molecule is CC(C)C1CCC(C)(C(=O)Nc2ccc(CC(N)O)cc2)CC1. The highest BCUT2D eigenvalue weighted by molar-refractivity contribution is 5.95. The van der Waals surface area contributed by atoms with Crippen molar-refractivity contribution in [2.24, 2.45) is 23.0 Å². The van der Waals surface area contributed by atoms with E-state index in [4.69, 9.17) is 5.73 Å². The van der Waals surface area contributed by atoms with Gasteiger partial charge in [-0.25, -0.2) is 0 Å². The van der Waals surface area contributed by atoms with Gasteiger partial charge in [0.2, 0.25) is 5.91 Å². The molecule has 4 nitrogen and oxygen atoms in total. The fourth-order valence-corrected chi connectivity index (χ4v) is 3.42. The van der Waals surface area contributed by atoms with Gasteiger partial charge in [-0.3, -0.25) is 4.79 Å². The van der Waals surface area contributed by atoms with Crippen molar-refractivity contribution in [3.8, 4) is 0 Å². The Labute approximate surface area is 139 Å². The maximum Gasteiger partial charge on any atom is 0.230 e. The molecule has 1 aliphatic rings. The molecule has 1 aliphatic carbocycles. The molecule has 1 amide bonds. The maximum atomic E-state index is 12.7. The highest BCUT2D eigenvalue weighted by atomic mass is 16.3. The summed E-state index contributed by atoms with van der Waals surface area (Å²) >= 11 is 0. The highest BCUT2D eigenvalue weighted by Gasteiger charge is 2.38. The van der Waals surface area contributed by atoms with E-state index in [2.05, 4.69) is 26.1 Å². The number of anilines is 1. The van der Waals surface area contributed by atoms with Crippen LogP contribution < -0.4 is 11.1 Å². The Kier molecular flexibility index (Phi) is 5.82. The summed E-state index contributed by atoms with van der Waals surface area (Å²) < 4.78 is 0. The van der Waals surface area contributed by atoms with Gasteiger partial charge in [0.05, 0.1) is 0 Å². The molecule has 0 aromatic heterocycles. The van der Waals surface area contributed by atoms with Gasteiger partial charge < -0.3 is 16.2 Å². The number of aliphatic hydroxyl groups is 1. The second-order valence-corrected chi connectivity index (χ2v) is 7.56. The summed E-state index contributed by atoms with van der Waals surface area (Å²) in [5.41, 5.74) is 6.87. The third kappa shape index (κ3) is 4.79. The van der Waals surface area contributed by atoms with E-state index in [1.54, 1.807) is 0 Å². The van der Waals surface area contributed by atoms with E-state index >= 15 is 0 Å². The predicted octanol–water partition coefficient (Wildman–Crippen LogP) is 3.30. The van der Waals surface area contributed by atoms with Gasteiger partial charge in [-0.1, -0.05) is 32.9 Å². The minimum absolute atomic E-state index is 0.117. The molecule has 0 bridgehead atoms. The number of hydrogen-bond acceptors (Lipinski definition) is 3. The Morgan fingerprint density at radius 3 is 2.35 bits per heavy atom. The molecule has 1 saturated carbocycles. The van der Waals surface area contributed by atoms with Crippen LogP contribution in [0.2, 0.25) is 0 Å². The number of amides is 1. The first-order valence-electron chi connectivity index (χ1n) is 8.64. The Hall–Kier alpha value is -1.39. The lowest BCUT2D eigenvalue weighted by Crippen LogP contribution is -2.37. The van der Waals surface area contributed by atoms with Crippen LogP contribution >= 0.6 is 0 Å². The van der Waals surface area contributed by atoms with Crippen LogP contribution in [0.3, 0.4) is 0 Å². The lowest BCUT2D eigenvalue weighted by Gasteiger charge is -2.37. The molecular formula is C19H30N2O2. The van der Waals surface area contributed by atoms with Crippen molar-refractivity contribution >= 4 is 11.6 Å². The van der Waals surface area contributed by atoms with Gasteiger partial charge in [0.15, 0.2) is 0 Å². The van der Waals surface area contributed by atoms with Crippen LogP contribution in [0.1, 0.15) is 52.0 Å². The molecule has 0 aliphatic heterocycles. The van der Waals surface area contributed by atoms with E-state index in [9.17, 15) is 9.90 Å². The Balaban J connectivity index is 1.93. The minimum Gasteiger partial charge on any atom is -0.378 e. The number of aliphatic hydroxyl groups excluding tert-OH is 1. The van der Waals surface area contributed by atoms with Gasteiger partial charge in [0.25, 0.3) is 0 Å². The van der Waals surface area contributed by atoms with Gasteiger partial charge >= 0.3 is 0 Å². The van der Waals surface area contributed by atoms with E-state index in [-0.39, 0.29) is 11.3 Å². The van der Waals surface area contributed by atoms with Crippen molar-refractivity contribution in [2.45, 2.75) is 59.1 Å². The third-order valence-corrected chi connectivity index (χ3v) is 5.28. The molecule has 1 fully saturated rings. The zero-order chi connectivity index (χ0) is 17.0. The first-order chi connectivity index (χ1) is 10.8. The normalized spacial score (nSPS) is 26.1. The van der Waals surface area contributed by atoms with E-state index < -0.39 is 6.23 Å². The van der Waals surface area contributed by atoms with Gasteiger partial charge in [0, 0.05) is 17.5 Å². The van der Waals surface area contributed by atoms with Crippen molar-refractivity contribution in [1.29, 1.82) is 0 Å². The van der Waals surface area contributed by atoms with Gasteiger partial charge in [-0.05, 0) is 55.2 Å². The number of hydrogen-bond donors (Lipinski definition) is 3. The highest BCUT2D eigenvalue weighted by Crippen LogP contribution is 2.41. The van der Waals surface area contributed by atoms with Crippen LogP contribution in [0.15, 0.2) is 24.3 Å². The molecule has 0 saturated heterocycles. The average Bonchev–Trinajstić information content (AvgIpc) is 2.49. The number of carbonyl (C=O) groups excluding carboxylic acids is 1. The average molecular weight is 318 g/mol. The molecule has 128 valence electrons. The fourth-order valence-electron chi connectivity index (χ4n) is 3.42. The molecule has 4 heteroatoms. The summed E-state index contributed by atoms with van der Waals surface area (Å²) in [6, 6.07) is 7.53. The first-order valence-corrected chi connectivity index (χ1v) is 8.64. The number of carbonyl (C=O) groups is 1. The number of benzene rings is 1. The smallest absolute Gasteiger partial charge is 0.230 e. The largest absolute Gasteiger partial charge is 0.378 e. The number of nitrogens with one attached hydrogen (secondary N) is 1. The Morgan fingerprint density at radius 2 is 1.87 bits per heavy atom. The van der Waals surface area contributed by atoms with Crippen LogP contribution in [-0.2, 0) is 11.2 Å². The molecule has 0 spiro atoms. The van der Waals surface area contributed by atoms with Crippen molar-refractivity contribution < 1.29 is 9.90 Å². The predicted molar refractivity (Wildman–Crippen MR) is 93.9 cm³/mol. The second-order valence-electron chi connectivity index (χ2n) is 7.56. The van der Waals surface area contributed by atoms with Crippen LogP contribution in [-0.4, -0.2) is 17.2 Å². The summed E-state index contributed by atoms with van der Waals surface area (Å²) in [7, 11) is 0. The number of nitrogens with two attached hydrogens (primary N) is 1. The zero-order valence-corrected chi connectivity index (χ0v) is 14.5. The zero-order valence-electron chi connectivity index (χ0n) is 14.5. The van der Waals surface area contributed by atoms with Crippen molar-refractivity contribution in [3.63, 3.8) is 0 Å². The Bertz CT molecular complexity index is 515. The lowest BCUT2D eigenvalue weighted by atomic mass is 9.68. The molecule has 1 unspecified atom stereocenters. The van der Waals surface area contributed by atoms with Crippen LogP contribution in [0, 0.1) is 17.3 Å². The molecule has 1 atom stereocenters. The second kappa shape index (κ2) is 7.45. The summed E-state index contributed by atoms with van der Waals surface area (Å²) in [6.07, 6.45) is 3.76.